The number of carbonyl (C=O) groups is 2. The van der Waals surface area contributed by atoms with Gasteiger partial charge >= 0.3 is 5.97 Å². The first kappa shape index (κ1) is 14.7. The molecular weight excluding hydrogens is 332 g/mol. The Balaban J connectivity index is 2.17. The summed E-state index contributed by atoms with van der Waals surface area (Å²) in [6.07, 6.45) is 0.621. The van der Waals surface area contributed by atoms with Gasteiger partial charge in [-0.15, -0.1) is 0 Å². The number of aromatic nitrogens is 1. The summed E-state index contributed by atoms with van der Waals surface area (Å²) in [5, 5.41) is 18.5. The largest absolute Gasteiger partial charge is 0.480 e. The number of hydrogen-bond acceptors (Lipinski definition) is 4. The molecule has 2 N–H and O–H groups in total. The third-order valence-corrected chi connectivity index (χ3v) is 3.61. The van der Waals surface area contributed by atoms with Gasteiger partial charge in [-0.05, 0) is 22.0 Å². The van der Waals surface area contributed by atoms with Crippen molar-refractivity contribution in [2.24, 2.45) is 0 Å². The number of nitrogens with zero attached hydrogens (tertiary/aromatic N) is 2. The van der Waals surface area contributed by atoms with Crippen molar-refractivity contribution >= 4 is 27.8 Å². The van der Waals surface area contributed by atoms with Gasteiger partial charge in [0.2, 0.25) is 5.91 Å². The number of likely N-dealkylation sites (tertiary alicyclic amines) is 1. The Morgan fingerprint density at radius 2 is 2.10 bits per heavy atom. The second-order valence-corrected chi connectivity index (χ2v) is 5.52. The molecule has 2 rings (SSSR count). The highest BCUT2D eigenvalue weighted by molar-refractivity contribution is 9.10. The van der Waals surface area contributed by atoms with Gasteiger partial charge in [0.1, 0.15) is 12.6 Å². The van der Waals surface area contributed by atoms with Gasteiger partial charge in [0.15, 0.2) is 0 Å². The standard InChI is InChI=1S/C12H13BrN2O5/c13-7-1-2-10(17)14(4-7)6-11(18)15-5-8(16)3-9(15)12(19)20/h1-2,4,8-9,16H,3,5-6H2,(H,19,20)/t8-,9+/m1/s1. The Morgan fingerprint density at radius 1 is 1.40 bits per heavy atom. The Kier molecular flexibility index (Phi) is 4.24. The molecule has 2 atom stereocenters. The highest BCUT2D eigenvalue weighted by Crippen LogP contribution is 2.18. The van der Waals surface area contributed by atoms with Crippen molar-refractivity contribution in [1.29, 1.82) is 0 Å². The predicted octanol–water partition coefficient (Wildman–Crippen LogP) is -0.343. The van der Waals surface area contributed by atoms with Crippen molar-refractivity contribution in [2.75, 3.05) is 6.54 Å². The van der Waals surface area contributed by atoms with Crippen LogP contribution in [0.1, 0.15) is 6.42 Å². The van der Waals surface area contributed by atoms with Gasteiger partial charge in [-0.25, -0.2) is 4.79 Å². The molecule has 1 aliphatic heterocycles. The molecule has 0 unspecified atom stereocenters. The van der Waals surface area contributed by atoms with Crippen molar-refractivity contribution in [3.05, 3.63) is 33.2 Å². The molecule has 0 aliphatic carbocycles. The van der Waals surface area contributed by atoms with Crippen molar-refractivity contribution in [3.8, 4) is 0 Å². The fourth-order valence-electron chi connectivity index (χ4n) is 2.19. The lowest BCUT2D eigenvalue weighted by molar-refractivity contribution is -0.148. The van der Waals surface area contributed by atoms with Crippen LogP contribution in [0.2, 0.25) is 0 Å². The van der Waals surface area contributed by atoms with E-state index in [1.54, 1.807) is 6.07 Å². The lowest BCUT2D eigenvalue weighted by atomic mass is 10.2. The van der Waals surface area contributed by atoms with Crippen LogP contribution in [0.3, 0.4) is 0 Å². The number of β-amino-alcohol motifs (C(OH)–C–C–N with tert-alkyl or cyclic N) is 1. The van der Waals surface area contributed by atoms with E-state index in [1.807, 2.05) is 0 Å². The fourth-order valence-corrected chi connectivity index (χ4v) is 2.57. The minimum atomic E-state index is -1.16. The van der Waals surface area contributed by atoms with Crippen LogP contribution >= 0.6 is 15.9 Å². The molecule has 1 amide bonds. The van der Waals surface area contributed by atoms with E-state index in [0.717, 1.165) is 4.90 Å². The Morgan fingerprint density at radius 3 is 2.75 bits per heavy atom. The first-order valence-corrected chi connectivity index (χ1v) is 6.74. The Hall–Kier alpha value is -1.67. The molecule has 1 aromatic heterocycles. The van der Waals surface area contributed by atoms with Gasteiger partial charge in [-0.2, -0.15) is 0 Å². The molecule has 20 heavy (non-hydrogen) atoms. The number of aliphatic carboxylic acids is 1. The third kappa shape index (κ3) is 3.07. The normalized spacial score (nSPS) is 22.0. The second-order valence-electron chi connectivity index (χ2n) is 4.60. The van der Waals surface area contributed by atoms with Gasteiger partial charge in [0, 0.05) is 29.7 Å². The number of carboxylic acid groups (broad SMARTS) is 1. The minimum Gasteiger partial charge on any atom is -0.480 e. The third-order valence-electron chi connectivity index (χ3n) is 3.14. The number of pyridine rings is 1. The maximum atomic E-state index is 12.1. The van der Waals surface area contributed by atoms with Crippen molar-refractivity contribution in [2.45, 2.75) is 25.1 Å². The number of rotatable bonds is 3. The van der Waals surface area contributed by atoms with E-state index in [-0.39, 0.29) is 25.1 Å². The van der Waals surface area contributed by atoms with E-state index in [1.165, 1.54) is 16.8 Å². The number of amides is 1. The summed E-state index contributed by atoms with van der Waals surface area (Å²) in [6.45, 7) is -0.284. The number of halogens is 1. The smallest absolute Gasteiger partial charge is 0.326 e. The lowest BCUT2D eigenvalue weighted by Crippen LogP contribution is -2.43. The van der Waals surface area contributed by atoms with Crippen LogP contribution in [0, 0.1) is 0 Å². The van der Waals surface area contributed by atoms with Crippen molar-refractivity contribution in [3.63, 3.8) is 0 Å². The van der Waals surface area contributed by atoms with E-state index in [0.29, 0.717) is 4.47 Å². The number of hydrogen-bond donors (Lipinski definition) is 2. The lowest BCUT2D eigenvalue weighted by Gasteiger charge is -2.21. The van der Waals surface area contributed by atoms with E-state index >= 15 is 0 Å². The summed E-state index contributed by atoms with van der Waals surface area (Å²) in [5.74, 6) is -1.66. The zero-order valence-electron chi connectivity index (χ0n) is 10.4. The molecule has 108 valence electrons. The molecule has 0 bridgehead atoms. The topological polar surface area (TPSA) is 99.8 Å². The van der Waals surface area contributed by atoms with E-state index < -0.39 is 24.0 Å². The molecule has 0 radical (unpaired) electrons. The Bertz CT molecular complexity index is 600. The predicted molar refractivity (Wildman–Crippen MR) is 72.2 cm³/mol. The zero-order chi connectivity index (χ0) is 14.9. The van der Waals surface area contributed by atoms with Crippen LogP contribution in [0.25, 0.3) is 0 Å². The van der Waals surface area contributed by atoms with E-state index in [9.17, 15) is 19.5 Å². The second kappa shape index (κ2) is 5.76. The molecule has 1 aliphatic rings. The molecule has 7 nitrogen and oxygen atoms in total. The molecule has 1 fully saturated rings. The van der Waals surface area contributed by atoms with Crippen LogP contribution in [0.15, 0.2) is 27.6 Å². The summed E-state index contributed by atoms with van der Waals surface area (Å²) in [5.41, 5.74) is -0.354. The molecule has 1 aromatic rings. The number of carbonyl (C=O) groups excluding carboxylic acids is 1. The van der Waals surface area contributed by atoms with Crippen LogP contribution in [0.5, 0.6) is 0 Å². The van der Waals surface area contributed by atoms with Gasteiger partial charge < -0.3 is 19.7 Å². The quantitative estimate of drug-likeness (QED) is 0.781. The molecular formula is C12H13BrN2O5. The first-order chi connectivity index (χ1) is 9.38. The zero-order valence-corrected chi connectivity index (χ0v) is 12.0. The maximum Gasteiger partial charge on any atom is 0.326 e. The number of aliphatic hydroxyl groups excluding tert-OH is 1. The van der Waals surface area contributed by atoms with Gasteiger partial charge in [-0.3, -0.25) is 9.59 Å². The Labute approximate surface area is 122 Å². The van der Waals surface area contributed by atoms with E-state index in [4.69, 9.17) is 5.11 Å². The number of aliphatic hydroxyl groups is 1. The summed E-state index contributed by atoms with van der Waals surface area (Å²) >= 11 is 3.20. The molecule has 0 aromatic carbocycles. The van der Waals surface area contributed by atoms with Crippen molar-refractivity contribution < 1.29 is 19.8 Å². The van der Waals surface area contributed by atoms with Crippen LogP contribution in [-0.4, -0.2) is 50.2 Å². The van der Waals surface area contributed by atoms with E-state index in [2.05, 4.69) is 15.9 Å². The highest BCUT2D eigenvalue weighted by atomic mass is 79.9. The molecule has 0 spiro atoms. The SMILES string of the molecule is O=C(O)[C@@H]1C[C@@H](O)CN1C(=O)Cn1cc(Br)ccc1=O. The maximum absolute atomic E-state index is 12.1. The summed E-state index contributed by atoms with van der Waals surface area (Å²) in [6, 6.07) is 1.83. The average molecular weight is 345 g/mol. The monoisotopic (exact) mass is 344 g/mol. The summed E-state index contributed by atoms with van der Waals surface area (Å²) < 4.78 is 1.83. The van der Waals surface area contributed by atoms with Crippen LogP contribution in [-0.2, 0) is 16.1 Å². The molecule has 1 saturated heterocycles. The highest BCUT2D eigenvalue weighted by Gasteiger charge is 2.38. The average Bonchev–Trinajstić information content (AvgIpc) is 2.76. The number of carboxylic acids is 1. The molecule has 0 saturated carbocycles. The van der Waals surface area contributed by atoms with Gasteiger partial charge in [0.05, 0.1) is 6.10 Å². The minimum absolute atomic E-state index is 0.00839. The molecule has 2 heterocycles. The summed E-state index contributed by atoms with van der Waals surface area (Å²) in [7, 11) is 0. The summed E-state index contributed by atoms with van der Waals surface area (Å²) in [4.78, 5) is 35.9. The van der Waals surface area contributed by atoms with Crippen LogP contribution in [0.4, 0.5) is 0 Å². The van der Waals surface area contributed by atoms with Crippen molar-refractivity contribution in [1.82, 2.24) is 9.47 Å². The molecule has 8 heteroatoms. The van der Waals surface area contributed by atoms with Gasteiger partial charge in [-0.1, -0.05) is 0 Å². The fraction of sp³-hybridized carbons (Fsp3) is 0.417. The van der Waals surface area contributed by atoms with Crippen LogP contribution < -0.4 is 5.56 Å². The first-order valence-electron chi connectivity index (χ1n) is 5.95. The van der Waals surface area contributed by atoms with Gasteiger partial charge in [0.25, 0.3) is 5.56 Å².